The number of aromatic nitrogens is 4. The first kappa shape index (κ1) is 10.8. The van der Waals surface area contributed by atoms with E-state index in [2.05, 4.69) is 27.3 Å². The van der Waals surface area contributed by atoms with Crippen molar-refractivity contribution in [2.45, 2.75) is 32.2 Å². The summed E-state index contributed by atoms with van der Waals surface area (Å²) in [6.45, 7) is 5.74. The monoisotopic (exact) mass is 227 g/mol. The molecule has 0 unspecified atom stereocenters. The normalized spacial score (nSPS) is 19.5. The number of nitrogens with zero attached hydrogens (tertiary/aromatic N) is 4. The molecule has 0 radical (unpaired) electrons. The Morgan fingerprint density at radius 1 is 1.47 bits per heavy atom. The number of likely N-dealkylation sites (tertiary alicyclic amines) is 1. The van der Waals surface area contributed by atoms with Crippen LogP contribution in [-0.4, -0.2) is 44.7 Å². The molecular weight excluding hydrogens is 210 g/mol. The van der Waals surface area contributed by atoms with Gasteiger partial charge in [0.1, 0.15) is 0 Å². The Morgan fingerprint density at radius 2 is 2.20 bits per heavy atom. The van der Waals surface area contributed by atoms with Crippen molar-refractivity contribution >= 4 is 12.2 Å². The second-order valence-electron chi connectivity index (χ2n) is 4.03. The fraction of sp³-hybridized carbons (Fsp3) is 0.889. The number of hydrogen-bond acceptors (Lipinski definition) is 4. The highest BCUT2D eigenvalue weighted by Gasteiger charge is 2.20. The van der Waals surface area contributed by atoms with E-state index in [1.807, 2.05) is 4.68 Å². The smallest absolute Gasteiger partial charge is 0.238 e. The lowest BCUT2D eigenvalue weighted by Gasteiger charge is -2.31. The molecular formula is C9H17N5S. The Labute approximate surface area is 94.4 Å². The van der Waals surface area contributed by atoms with Gasteiger partial charge in [0, 0.05) is 13.1 Å². The van der Waals surface area contributed by atoms with Gasteiger partial charge in [-0.15, -0.1) is 0 Å². The molecule has 1 fully saturated rings. The van der Waals surface area contributed by atoms with Crippen molar-refractivity contribution in [1.82, 2.24) is 25.1 Å². The molecule has 1 N–H and O–H groups in total. The van der Waals surface area contributed by atoms with Gasteiger partial charge in [-0.3, -0.25) is 0 Å². The van der Waals surface area contributed by atoms with Crippen molar-refractivity contribution in [3.63, 3.8) is 0 Å². The summed E-state index contributed by atoms with van der Waals surface area (Å²) in [6, 6.07) is 0.459. The maximum atomic E-state index is 5.09. The molecule has 1 aromatic rings. The molecule has 0 aliphatic carbocycles. The molecule has 0 aromatic carbocycles. The molecule has 0 spiro atoms. The minimum Gasteiger partial charge on any atom is -0.303 e. The van der Waals surface area contributed by atoms with Gasteiger partial charge in [-0.05, 0) is 38.0 Å². The average Bonchev–Trinajstić information content (AvgIpc) is 2.66. The first-order valence-electron chi connectivity index (χ1n) is 5.53. The number of H-pyrrole nitrogens is 1. The Balaban J connectivity index is 1.94. The van der Waals surface area contributed by atoms with Crippen molar-refractivity contribution in [2.24, 2.45) is 0 Å². The van der Waals surface area contributed by atoms with Crippen LogP contribution in [0.4, 0.5) is 0 Å². The second-order valence-corrected chi connectivity index (χ2v) is 4.39. The molecule has 0 atom stereocenters. The lowest BCUT2D eigenvalue weighted by atomic mass is 10.1. The third-order valence-corrected chi connectivity index (χ3v) is 3.23. The highest BCUT2D eigenvalue weighted by molar-refractivity contribution is 7.71. The maximum Gasteiger partial charge on any atom is 0.238 e. The molecule has 0 amide bonds. The molecule has 1 aromatic heterocycles. The number of tetrazole rings is 1. The molecule has 1 saturated heterocycles. The SMILES string of the molecule is CCCN1CCC(n2[nH]nnc2=S)CC1. The quantitative estimate of drug-likeness (QED) is 0.793. The van der Waals surface area contributed by atoms with E-state index >= 15 is 0 Å². The van der Waals surface area contributed by atoms with Gasteiger partial charge in [0.05, 0.1) is 6.04 Å². The van der Waals surface area contributed by atoms with Crippen LogP contribution in [0, 0.1) is 4.77 Å². The minimum atomic E-state index is 0.459. The Hall–Kier alpha value is -0.750. The predicted octanol–water partition coefficient (Wildman–Crippen LogP) is 1.38. The first-order chi connectivity index (χ1) is 7.31. The molecule has 15 heavy (non-hydrogen) atoms. The fourth-order valence-electron chi connectivity index (χ4n) is 2.16. The highest BCUT2D eigenvalue weighted by atomic mass is 32.1. The largest absolute Gasteiger partial charge is 0.303 e. The van der Waals surface area contributed by atoms with Crippen LogP contribution in [0.25, 0.3) is 0 Å². The van der Waals surface area contributed by atoms with Gasteiger partial charge >= 0.3 is 0 Å². The van der Waals surface area contributed by atoms with Gasteiger partial charge < -0.3 is 4.90 Å². The van der Waals surface area contributed by atoms with Crippen LogP contribution < -0.4 is 0 Å². The van der Waals surface area contributed by atoms with Crippen LogP contribution in [0.2, 0.25) is 0 Å². The van der Waals surface area contributed by atoms with Crippen LogP contribution in [0.3, 0.4) is 0 Å². The predicted molar refractivity (Wildman–Crippen MR) is 60.2 cm³/mol. The third kappa shape index (κ3) is 2.43. The standard InChI is InChI=1S/C9H17N5S/c1-2-5-13-6-3-8(4-7-13)14-9(15)10-11-12-14/h8H,2-7H2,1H3,(H,10,12,15). The van der Waals surface area contributed by atoms with Crippen LogP contribution in [-0.2, 0) is 0 Å². The zero-order valence-electron chi connectivity index (χ0n) is 9.02. The molecule has 0 bridgehead atoms. The maximum absolute atomic E-state index is 5.09. The van der Waals surface area contributed by atoms with Crippen LogP contribution >= 0.6 is 12.2 Å². The van der Waals surface area contributed by atoms with Gasteiger partial charge in [-0.25, -0.2) is 4.68 Å². The van der Waals surface area contributed by atoms with Crippen LogP contribution in [0.15, 0.2) is 0 Å². The van der Waals surface area contributed by atoms with Crippen LogP contribution in [0.1, 0.15) is 32.2 Å². The molecule has 1 aliphatic rings. The van der Waals surface area contributed by atoms with E-state index in [1.165, 1.54) is 13.0 Å². The number of piperidine rings is 1. The van der Waals surface area contributed by atoms with Gasteiger partial charge in [-0.1, -0.05) is 17.2 Å². The van der Waals surface area contributed by atoms with Gasteiger partial charge in [0.25, 0.3) is 0 Å². The molecule has 6 heteroatoms. The number of rotatable bonds is 3. The zero-order chi connectivity index (χ0) is 10.7. The van der Waals surface area contributed by atoms with E-state index in [1.54, 1.807) is 0 Å². The highest BCUT2D eigenvalue weighted by Crippen LogP contribution is 2.21. The van der Waals surface area contributed by atoms with Crippen molar-refractivity contribution in [2.75, 3.05) is 19.6 Å². The summed E-state index contributed by atoms with van der Waals surface area (Å²) in [5.41, 5.74) is 0. The fourth-order valence-corrected chi connectivity index (χ4v) is 2.39. The molecule has 2 rings (SSSR count). The van der Waals surface area contributed by atoms with Crippen molar-refractivity contribution < 1.29 is 0 Å². The number of aromatic amines is 1. The van der Waals surface area contributed by atoms with E-state index in [4.69, 9.17) is 12.2 Å². The second kappa shape index (κ2) is 4.85. The van der Waals surface area contributed by atoms with E-state index in [9.17, 15) is 0 Å². The zero-order valence-corrected chi connectivity index (χ0v) is 9.83. The van der Waals surface area contributed by atoms with E-state index in [0.717, 1.165) is 25.9 Å². The lowest BCUT2D eigenvalue weighted by molar-refractivity contribution is 0.178. The first-order valence-corrected chi connectivity index (χ1v) is 5.94. The van der Waals surface area contributed by atoms with Crippen molar-refractivity contribution in [1.29, 1.82) is 0 Å². The van der Waals surface area contributed by atoms with Gasteiger partial charge in [0.15, 0.2) is 0 Å². The van der Waals surface area contributed by atoms with E-state index < -0.39 is 0 Å². The van der Waals surface area contributed by atoms with Gasteiger partial charge in [0.2, 0.25) is 4.77 Å². The van der Waals surface area contributed by atoms with Gasteiger partial charge in [-0.2, -0.15) is 5.21 Å². The van der Waals surface area contributed by atoms with Crippen molar-refractivity contribution in [3.05, 3.63) is 4.77 Å². The Bertz CT molecular complexity index is 349. The Morgan fingerprint density at radius 3 is 2.73 bits per heavy atom. The summed E-state index contributed by atoms with van der Waals surface area (Å²) in [7, 11) is 0. The lowest BCUT2D eigenvalue weighted by Crippen LogP contribution is -2.35. The summed E-state index contributed by atoms with van der Waals surface area (Å²) >= 11 is 5.09. The molecule has 2 heterocycles. The molecule has 1 aliphatic heterocycles. The van der Waals surface area contributed by atoms with Crippen molar-refractivity contribution in [3.8, 4) is 0 Å². The molecule has 84 valence electrons. The summed E-state index contributed by atoms with van der Waals surface area (Å²) in [4.78, 5) is 2.50. The summed E-state index contributed by atoms with van der Waals surface area (Å²) in [5, 5.41) is 10.4. The summed E-state index contributed by atoms with van der Waals surface area (Å²) in [5.74, 6) is 0. The van der Waals surface area contributed by atoms with E-state index in [0.29, 0.717) is 10.8 Å². The summed E-state index contributed by atoms with van der Waals surface area (Å²) < 4.78 is 2.49. The third-order valence-electron chi connectivity index (χ3n) is 2.96. The molecule has 0 saturated carbocycles. The molecule has 5 nitrogen and oxygen atoms in total. The summed E-state index contributed by atoms with van der Waals surface area (Å²) in [6.07, 6.45) is 3.51. The number of hydrogen-bond donors (Lipinski definition) is 1. The number of nitrogens with one attached hydrogen (secondary N) is 1. The van der Waals surface area contributed by atoms with E-state index in [-0.39, 0.29) is 0 Å². The Kier molecular flexibility index (Phi) is 3.48. The minimum absolute atomic E-state index is 0.459. The van der Waals surface area contributed by atoms with Crippen LogP contribution in [0.5, 0.6) is 0 Å². The average molecular weight is 227 g/mol. The topological polar surface area (TPSA) is 49.7 Å².